The number of hydrogen-bond acceptors (Lipinski definition) is 2. The molecule has 21 heavy (non-hydrogen) atoms. The number of nitrogens with one attached hydrogen (secondary N) is 1. The Morgan fingerprint density at radius 2 is 1.86 bits per heavy atom. The van der Waals surface area contributed by atoms with Gasteiger partial charge in [0.25, 0.3) is 0 Å². The molecule has 0 spiro atoms. The van der Waals surface area contributed by atoms with E-state index in [2.05, 4.69) is 61.4 Å². The van der Waals surface area contributed by atoms with Crippen LogP contribution in [-0.4, -0.2) is 4.98 Å². The highest BCUT2D eigenvalue weighted by atomic mass is 14.9. The van der Waals surface area contributed by atoms with Crippen LogP contribution in [0.1, 0.15) is 56.5 Å². The Balaban J connectivity index is 1.79. The Morgan fingerprint density at radius 1 is 1.10 bits per heavy atom. The lowest BCUT2D eigenvalue weighted by Crippen LogP contribution is -2.19. The largest absolute Gasteiger partial charge is 0.377 e. The van der Waals surface area contributed by atoms with Gasteiger partial charge in [-0.15, -0.1) is 0 Å². The molecule has 110 valence electrons. The summed E-state index contributed by atoms with van der Waals surface area (Å²) in [5.74, 6) is 0. The molecule has 1 aromatic heterocycles. The van der Waals surface area contributed by atoms with Crippen molar-refractivity contribution in [3.8, 4) is 0 Å². The number of hydrogen-bond donors (Lipinski definition) is 1. The highest BCUT2D eigenvalue weighted by Gasteiger charge is 2.21. The molecular weight excluding hydrogens is 256 g/mol. The molecule has 0 bridgehead atoms. The number of pyridine rings is 1. The van der Waals surface area contributed by atoms with Gasteiger partial charge in [-0.25, -0.2) is 0 Å². The van der Waals surface area contributed by atoms with Crippen LogP contribution in [0.3, 0.4) is 0 Å². The first kappa shape index (κ1) is 14.1. The minimum Gasteiger partial charge on any atom is -0.377 e. The summed E-state index contributed by atoms with van der Waals surface area (Å²) in [5, 5.41) is 3.65. The number of benzene rings is 1. The standard InChI is InChI=1S/C19H24N2/c1-19(2,3)15-9-11-16(12-10-15)21-17-8-4-6-14-7-5-13-20-18(14)17/h5,7,9-13,17,21H,4,6,8H2,1-3H3. The van der Waals surface area contributed by atoms with Crippen LogP contribution in [0, 0.1) is 0 Å². The molecule has 2 nitrogen and oxygen atoms in total. The van der Waals surface area contributed by atoms with Crippen LogP contribution in [-0.2, 0) is 11.8 Å². The van der Waals surface area contributed by atoms with Crippen LogP contribution < -0.4 is 5.32 Å². The molecule has 0 saturated heterocycles. The monoisotopic (exact) mass is 280 g/mol. The number of aromatic nitrogens is 1. The maximum atomic E-state index is 4.59. The van der Waals surface area contributed by atoms with Crippen LogP contribution >= 0.6 is 0 Å². The molecule has 1 heterocycles. The fourth-order valence-corrected chi connectivity index (χ4v) is 3.02. The van der Waals surface area contributed by atoms with Crippen LogP contribution in [0.5, 0.6) is 0 Å². The molecule has 1 aliphatic rings. The molecule has 1 aromatic carbocycles. The summed E-state index contributed by atoms with van der Waals surface area (Å²) in [4.78, 5) is 4.59. The molecule has 1 atom stereocenters. The van der Waals surface area contributed by atoms with Gasteiger partial charge in [-0.3, -0.25) is 4.98 Å². The molecular formula is C19H24N2. The minimum absolute atomic E-state index is 0.206. The summed E-state index contributed by atoms with van der Waals surface area (Å²) in [6.07, 6.45) is 5.45. The first-order chi connectivity index (χ1) is 10.0. The van der Waals surface area contributed by atoms with Crippen LogP contribution in [0.25, 0.3) is 0 Å². The maximum absolute atomic E-state index is 4.59. The lowest BCUT2D eigenvalue weighted by atomic mass is 9.87. The SMILES string of the molecule is CC(C)(C)c1ccc(NC2CCCc3cccnc32)cc1. The van der Waals surface area contributed by atoms with Gasteiger partial charge in [-0.05, 0) is 54.0 Å². The number of fused-ring (bicyclic) bond motifs is 1. The van der Waals surface area contributed by atoms with Crippen molar-refractivity contribution in [1.29, 1.82) is 0 Å². The van der Waals surface area contributed by atoms with Gasteiger partial charge < -0.3 is 5.32 Å². The number of aryl methyl sites for hydroxylation is 1. The Labute approximate surface area is 127 Å². The van der Waals surface area contributed by atoms with Gasteiger partial charge in [0, 0.05) is 11.9 Å². The van der Waals surface area contributed by atoms with Crippen molar-refractivity contribution in [3.63, 3.8) is 0 Å². The Kier molecular flexibility index (Phi) is 3.71. The molecule has 1 aliphatic carbocycles. The molecule has 0 aliphatic heterocycles. The van der Waals surface area contributed by atoms with E-state index >= 15 is 0 Å². The van der Waals surface area contributed by atoms with Gasteiger partial charge in [0.05, 0.1) is 11.7 Å². The first-order valence-electron chi connectivity index (χ1n) is 7.85. The fraction of sp³-hybridized carbons (Fsp3) is 0.421. The summed E-state index contributed by atoms with van der Waals surface area (Å²) >= 11 is 0. The van der Waals surface area contributed by atoms with E-state index in [9.17, 15) is 0 Å². The van der Waals surface area contributed by atoms with E-state index in [1.807, 2.05) is 12.3 Å². The number of anilines is 1. The second-order valence-electron chi connectivity index (χ2n) is 6.96. The molecule has 0 fully saturated rings. The van der Waals surface area contributed by atoms with E-state index in [1.54, 1.807) is 0 Å². The summed E-state index contributed by atoms with van der Waals surface area (Å²) in [6, 6.07) is 13.4. The van der Waals surface area contributed by atoms with E-state index in [0.29, 0.717) is 6.04 Å². The summed E-state index contributed by atoms with van der Waals surface area (Å²) in [7, 11) is 0. The van der Waals surface area contributed by atoms with E-state index in [4.69, 9.17) is 0 Å². The third kappa shape index (κ3) is 3.10. The molecule has 0 amide bonds. The second kappa shape index (κ2) is 5.51. The number of nitrogens with zero attached hydrogens (tertiary/aromatic N) is 1. The predicted octanol–water partition coefficient (Wildman–Crippen LogP) is 4.87. The third-order valence-corrected chi connectivity index (χ3v) is 4.29. The third-order valence-electron chi connectivity index (χ3n) is 4.29. The van der Waals surface area contributed by atoms with Crippen LogP contribution in [0.15, 0.2) is 42.6 Å². The van der Waals surface area contributed by atoms with Gasteiger partial charge in [0.2, 0.25) is 0 Å². The van der Waals surface area contributed by atoms with E-state index in [1.165, 1.54) is 28.9 Å². The van der Waals surface area contributed by atoms with Gasteiger partial charge in [-0.1, -0.05) is 39.0 Å². The van der Waals surface area contributed by atoms with Crippen molar-refractivity contribution < 1.29 is 0 Å². The van der Waals surface area contributed by atoms with Crippen LogP contribution in [0.2, 0.25) is 0 Å². The lowest BCUT2D eigenvalue weighted by molar-refractivity contribution is 0.582. The first-order valence-corrected chi connectivity index (χ1v) is 7.85. The van der Waals surface area contributed by atoms with Gasteiger partial charge in [-0.2, -0.15) is 0 Å². The summed E-state index contributed by atoms with van der Waals surface area (Å²) in [6.45, 7) is 6.74. The maximum Gasteiger partial charge on any atom is 0.0688 e. The summed E-state index contributed by atoms with van der Waals surface area (Å²) in [5.41, 5.74) is 5.38. The van der Waals surface area contributed by atoms with Crippen molar-refractivity contribution in [1.82, 2.24) is 4.98 Å². The Hall–Kier alpha value is -1.83. The Bertz CT molecular complexity index is 608. The molecule has 0 radical (unpaired) electrons. The zero-order chi connectivity index (χ0) is 14.9. The zero-order valence-electron chi connectivity index (χ0n) is 13.2. The smallest absolute Gasteiger partial charge is 0.0688 e. The van der Waals surface area contributed by atoms with Crippen molar-refractivity contribution in [3.05, 3.63) is 59.4 Å². The summed E-state index contributed by atoms with van der Waals surface area (Å²) < 4.78 is 0. The topological polar surface area (TPSA) is 24.9 Å². The zero-order valence-corrected chi connectivity index (χ0v) is 13.2. The predicted molar refractivity (Wildman–Crippen MR) is 88.7 cm³/mol. The average Bonchev–Trinajstić information content (AvgIpc) is 2.47. The fourth-order valence-electron chi connectivity index (χ4n) is 3.02. The highest BCUT2D eigenvalue weighted by molar-refractivity contribution is 5.48. The second-order valence-corrected chi connectivity index (χ2v) is 6.96. The molecule has 1 unspecified atom stereocenters. The van der Waals surface area contributed by atoms with E-state index < -0.39 is 0 Å². The van der Waals surface area contributed by atoms with E-state index in [0.717, 1.165) is 12.8 Å². The highest BCUT2D eigenvalue weighted by Crippen LogP contribution is 2.31. The molecule has 1 N–H and O–H groups in total. The molecule has 2 aromatic rings. The average molecular weight is 280 g/mol. The minimum atomic E-state index is 0.206. The van der Waals surface area contributed by atoms with Crippen molar-refractivity contribution in [2.75, 3.05) is 5.32 Å². The normalized spacial score (nSPS) is 18.1. The van der Waals surface area contributed by atoms with Gasteiger partial charge >= 0.3 is 0 Å². The van der Waals surface area contributed by atoms with Gasteiger partial charge in [0.1, 0.15) is 0 Å². The number of rotatable bonds is 2. The van der Waals surface area contributed by atoms with Crippen LogP contribution in [0.4, 0.5) is 5.69 Å². The van der Waals surface area contributed by atoms with E-state index in [-0.39, 0.29) is 5.41 Å². The van der Waals surface area contributed by atoms with Crippen molar-refractivity contribution >= 4 is 5.69 Å². The van der Waals surface area contributed by atoms with Crippen molar-refractivity contribution in [2.45, 2.75) is 51.5 Å². The quantitative estimate of drug-likeness (QED) is 0.849. The molecule has 0 saturated carbocycles. The molecule has 3 rings (SSSR count). The molecule has 2 heteroatoms. The lowest BCUT2D eigenvalue weighted by Gasteiger charge is -2.26. The van der Waals surface area contributed by atoms with Crippen molar-refractivity contribution in [2.24, 2.45) is 0 Å². The Morgan fingerprint density at radius 3 is 2.57 bits per heavy atom. The van der Waals surface area contributed by atoms with Gasteiger partial charge in [0.15, 0.2) is 0 Å².